The number of halogens is 2. The van der Waals surface area contributed by atoms with E-state index >= 15 is 0 Å². The van der Waals surface area contributed by atoms with Gasteiger partial charge in [-0.05, 0) is 31.0 Å². The van der Waals surface area contributed by atoms with Crippen LogP contribution in [0.2, 0.25) is 10.0 Å². The summed E-state index contributed by atoms with van der Waals surface area (Å²) in [6.07, 6.45) is 3.37. The molecule has 0 aromatic heterocycles. The predicted molar refractivity (Wildman–Crippen MR) is 78.3 cm³/mol. The fourth-order valence-electron chi connectivity index (χ4n) is 3.18. The molecule has 1 saturated carbocycles. The van der Waals surface area contributed by atoms with Crippen LogP contribution in [0.3, 0.4) is 0 Å². The van der Waals surface area contributed by atoms with Crippen molar-refractivity contribution < 1.29 is 9.59 Å². The van der Waals surface area contributed by atoms with Crippen molar-refractivity contribution in [2.45, 2.75) is 31.2 Å². The third kappa shape index (κ3) is 1.82. The zero-order valence-corrected chi connectivity index (χ0v) is 12.5. The minimum Gasteiger partial charge on any atom is -0.312 e. The molecular formula is C14H14Cl2N2O2. The highest BCUT2D eigenvalue weighted by atomic mass is 35.5. The smallest absolute Gasteiger partial charge is 0.312 e. The van der Waals surface area contributed by atoms with Crippen molar-refractivity contribution in [1.82, 2.24) is 4.90 Å². The highest BCUT2D eigenvalue weighted by Gasteiger charge is 2.57. The van der Waals surface area contributed by atoms with Crippen LogP contribution in [0.4, 0.5) is 10.5 Å². The summed E-state index contributed by atoms with van der Waals surface area (Å²) >= 11 is 11.9. The number of carbonyl (C=O) groups excluding carboxylic acids is 2. The van der Waals surface area contributed by atoms with Gasteiger partial charge in [-0.15, -0.1) is 0 Å². The Morgan fingerprint density at radius 3 is 2.15 bits per heavy atom. The zero-order chi connectivity index (χ0) is 14.5. The molecule has 6 heteroatoms. The number of anilines is 1. The molecule has 1 aromatic rings. The normalized spacial score (nSPS) is 21.4. The number of likely N-dealkylation sites (N-methyl/N-ethyl adjacent to an activating group) is 1. The molecule has 0 N–H and O–H groups in total. The Morgan fingerprint density at radius 2 is 1.60 bits per heavy atom. The van der Waals surface area contributed by atoms with E-state index in [-0.39, 0.29) is 11.9 Å². The minimum absolute atomic E-state index is 0.166. The number of carbonyl (C=O) groups is 2. The summed E-state index contributed by atoms with van der Waals surface area (Å²) in [6, 6.07) is 4.44. The molecule has 0 unspecified atom stereocenters. The Kier molecular flexibility index (Phi) is 3.18. The number of imide groups is 1. The standard InChI is InChI=1S/C14H14Cl2N2O2/c1-17-13(20)18(11-7-9(15)6-10(16)8-11)12(19)14(17)4-2-3-5-14/h6-8H,2-5H2,1H3. The number of rotatable bonds is 1. The molecule has 2 aliphatic rings. The monoisotopic (exact) mass is 312 g/mol. The van der Waals surface area contributed by atoms with Crippen LogP contribution in [0.15, 0.2) is 18.2 Å². The third-order valence-corrected chi connectivity index (χ3v) is 4.69. The molecule has 4 nitrogen and oxygen atoms in total. The fraction of sp³-hybridized carbons (Fsp3) is 0.429. The Balaban J connectivity index is 2.06. The van der Waals surface area contributed by atoms with Gasteiger partial charge in [-0.25, -0.2) is 9.69 Å². The van der Waals surface area contributed by atoms with Crippen LogP contribution in [-0.4, -0.2) is 29.4 Å². The summed E-state index contributed by atoms with van der Waals surface area (Å²) in [7, 11) is 1.69. The lowest BCUT2D eigenvalue weighted by Crippen LogP contribution is -2.45. The molecule has 0 radical (unpaired) electrons. The summed E-state index contributed by atoms with van der Waals surface area (Å²) in [5.74, 6) is -0.166. The molecule has 20 heavy (non-hydrogen) atoms. The number of benzene rings is 1. The minimum atomic E-state index is -0.675. The first kappa shape index (κ1) is 13.7. The quantitative estimate of drug-likeness (QED) is 0.742. The fourth-order valence-corrected chi connectivity index (χ4v) is 3.69. The maximum atomic E-state index is 12.8. The molecule has 1 saturated heterocycles. The van der Waals surface area contributed by atoms with E-state index in [1.54, 1.807) is 30.1 Å². The van der Waals surface area contributed by atoms with Gasteiger partial charge in [0.2, 0.25) is 0 Å². The maximum absolute atomic E-state index is 12.8. The highest BCUT2D eigenvalue weighted by Crippen LogP contribution is 2.43. The largest absolute Gasteiger partial charge is 0.332 e. The molecule has 1 spiro atoms. The highest BCUT2D eigenvalue weighted by molar-refractivity contribution is 6.35. The van der Waals surface area contributed by atoms with Crippen LogP contribution < -0.4 is 4.90 Å². The molecule has 1 heterocycles. The number of hydrogen-bond donors (Lipinski definition) is 0. The van der Waals surface area contributed by atoms with Gasteiger partial charge in [-0.3, -0.25) is 4.79 Å². The lowest BCUT2D eigenvalue weighted by atomic mass is 9.96. The van der Waals surface area contributed by atoms with E-state index in [0.29, 0.717) is 15.7 Å². The van der Waals surface area contributed by atoms with Gasteiger partial charge in [-0.2, -0.15) is 0 Å². The van der Waals surface area contributed by atoms with E-state index in [1.165, 1.54) is 4.90 Å². The van der Waals surface area contributed by atoms with Crippen LogP contribution in [0.25, 0.3) is 0 Å². The van der Waals surface area contributed by atoms with E-state index in [1.807, 2.05) is 0 Å². The van der Waals surface area contributed by atoms with E-state index in [9.17, 15) is 9.59 Å². The van der Waals surface area contributed by atoms with Crippen molar-refractivity contribution in [3.8, 4) is 0 Å². The first-order chi connectivity index (χ1) is 9.45. The Bertz CT molecular complexity index is 577. The average molecular weight is 313 g/mol. The van der Waals surface area contributed by atoms with Crippen molar-refractivity contribution in [3.05, 3.63) is 28.2 Å². The second-order valence-electron chi connectivity index (χ2n) is 5.35. The second kappa shape index (κ2) is 4.64. The van der Waals surface area contributed by atoms with Gasteiger partial charge in [0, 0.05) is 17.1 Å². The van der Waals surface area contributed by atoms with Gasteiger partial charge < -0.3 is 4.90 Å². The first-order valence-corrected chi connectivity index (χ1v) is 7.30. The van der Waals surface area contributed by atoms with Gasteiger partial charge in [0.1, 0.15) is 5.54 Å². The number of nitrogens with zero attached hydrogens (tertiary/aromatic N) is 2. The van der Waals surface area contributed by atoms with Crippen molar-refractivity contribution in [2.24, 2.45) is 0 Å². The Hall–Kier alpha value is -1.26. The number of hydrogen-bond acceptors (Lipinski definition) is 2. The van der Waals surface area contributed by atoms with Crippen LogP contribution >= 0.6 is 23.2 Å². The lowest BCUT2D eigenvalue weighted by Gasteiger charge is -2.27. The van der Waals surface area contributed by atoms with Gasteiger partial charge >= 0.3 is 6.03 Å². The maximum Gasteiger partial charge on any atom is 0.332 e. The van der Waals surface area contributed by atoms with Gasteiger partial charge in [0.05, 0.1) is 5.69 Å². The van der Waals surface area contributed by atoms with Crippen molar-refractivity contribution in [2.75, 3.05) is 11.9 Å². The summed E-state index contributed by atoms with van der Waals surface area (Å²) in [5.41, 5.74) is -0.237. The average Bonchev–Trinajstić information content (AvgIpc) is 2.92. The topological polar surface area (TPSA) is 40.6 Å². The molecule has 2 fully saturated rings. The summed E-state index contributed by atoms with van der Waals surface area (Å²) < 4.78 is 0. The van der Waals surface area contributed by atoms with Gasteiger partial charge in [0.15, 0.2) is 0 Å². The van der Waals surface area contributed by atoms with Crippen LogP contribution in [0.5, 0.6) is 0 Å². The van der Waals surface area contributed by atoms with Crippen LogP contribution in [0, 0.1) is 0 Å². The third-order valence-electron chi connectivity index (χ3n) is 4.26. The number of urea groups is 1. The lowest BCUT2D eigenvalue weighted by molar-refractivity contribution is -0.124. The van der Waals surface area contributed by atoms with E-state index in [2.05, 4.69) is 0 Å². The van der Waals surface area contributed by atoms with Gasteiger partial charge in [0.25, 0.3) is 5.91 Å². The zero-order valence-electron chi connectivity index (χ0n) is 11.0. The molecule has 3 amide bonds. The molecule has 1 aliphatic heterocycles. The summed E-state index contributed by atoms with van der Waals surface area (Å²) in [6.45, 7) is 0. The predicted octanol–water partition coefficient (Wildman–Crippen LogP) is 3.70. The summed E-state index contributed by atoms with van der Waals surface area (Å²) in [4.78, 5) is 28.0. The van der Waals surface area contributed by atoms with Crippen molar-refractivity contribution in [1.29, 1.82) is 0 Å². The van der Waals surface area contributed by atoms with E-state index < -0.39 is 5.54 Å². The molecular weight excluding hydrogens is 299 g/mol. The van der Waals surface area contributed by atoms with Crippen LogP contribution in [-0.2, 0) is 4.79 Å². The second-order valence-corrected chi connectivity index (χ2v) is 6.22. The number of amides is 3. The first-order valence-electron chi connectivity index (χ1n) is 6.54. The van der Waals surface area contributed by atoms with E-state index in [0.717, 1.165) is 25.7 Å². The molecule has 1 aromatic carbocycles. The van der Waals surface area contributed by atoms with Gasteiger partial charge in [-0.1, -0.05) is 36.0 Å². The summed E-state index contributed by atoms with van der Waals surface area (Å²) in [5, 5.41) is 0.811. The molecule has 1 aliphatic carbocycles. The van der Waals surface area contributed by atoms with Crippen molar-refractivity contribution in [3.63, 3.8) is 0 Å². The SMILES string of the molecule is CN1C(=O)N(c2cc(Cl)cc(Cl)c2)C(=O)C12CCCC2. The molecule has 106 valence electrons. The van der Waals surface area contributed by atoms with Crippen molar-refractivity contribution >= 4 is 40.8 Å². The molecule has 0 bridgehead atoms. The Labute approximate surface area is 127 Å². The Morgan fingerprint density at radius 1 is 1.05 bits per heavy atom. The van der Waals surface area contributed by atoms with E-state index in [4.69, 9.17) is 23.2 Å². The molecule has 3 rings (SSSR count). The molecule has 0 atom stereocenters. The van der Waals surface area contributed by atoms with Crippen LogP contribution in [0.1, 0.15) is 25.7 Å².